The number of phenolic OH excluding ortho intramolecular Hbond substituents is 1. The van der Waals surface area contributed by atoms with Crippen LogP contribution < -0.4 is 15.8 Å². The van der Waals surface area contributed by atoms with Crippen molar-refractivity contribution in [3.05, 3.63) is 63.7 Å². The Morgan fingerprint density at radius 3 is 2.56 bits per heavy atom. The number of phenols is 1. The van der Waals surface area contributed by atoms with Crippen molar-refractivity contribution in [2.24, 2.45) is 5.10 Å². The molecular weight excluding hydrogens is 415 g/mol. The van der Waals surface area contributed by atoms with Crippen LogP contribution in [0.15, 0.2) is 46.4 Å². The van der Waals surface area contributed by atoms with Crippen molar-refractivity contribution in [3.8, 4) is 5.75 Å². The number of nitrogens with zero attached hydrogens (tertiary/aromatic N) is 3. The summed E-state index contributed by atoms with van der Waals surface area (Å²) in [5, 5.41) is 23.4. The molecular formula is C23H25FN4O4. The number of pyridine rings is 1. The minimum atomic E-state index is -1.36. The van der Waals surface area contributed by atoms with Crippen LogP contribution >= 0.6 is 0 Å². The van der Waals surface area contributed by atoms with Crippen molar-refractivity contribution in [1.82, 2.24) is 4.57 Å². The Balaban J connectivity index is 1.97. The van der Waals surface area contributed by atoms with E-state index in [0.29, 0.717) is 17.6 Å². The Labute approximate surface area is 184 Å². The summed E-state index contributed by atoms with van der Waals surface area (Å²) < 4.78 is 16.2. The lowest BCUT2D eigenvalue weighted by Gasteiger charge is -2.21. The van der Waals surface area contributed by atoms with Crippen LogP contribution in [-0.2, 0) is 6.54 Å². The highest BCUT2D eigenvalue weighted by atomic mass is 19.1. The van der Waals surface area contributed by atoms with E-state index in [1.165, 1.54) is 18.5 Å². The molecule has 0 aliphatic heterocycles. The third-order valence-electron chi connectivity index (χ3n) is 5.27. The van der Waals surface area contributed by atoms with Gasteiger partial charge in [0.15, 0.2) is 0 Å². The number of aryl methyl sites for hydroxylation is 1. The first kappa shape index (κ1) is 22.8. The second-order valence-electron chi connectivity index (χ2n) is 7.10. The molecule has 0 saturated carbocycles. The molecule has 1 heterocycles. The summed E-state index contributed by atoms with van der Waals surface area (Å²) in [6.45, 7) is 7.85. The van der Waals surface area contributed by atoms with E-state index in [-0.39, 0.29) is 16.8 Å². The first-order chi connectivity index (χ1) is 15.3. The largest absolute Gasteiger partial charge is 0.507 e. The highest BCUT2D eigenvalue weighted by Crippen LogP contribution is 2.24. The van der Waals surface area contributed by atoms with Crippen LogP contribution in [0.4, 0.5) is 15.8 Å². The SMILES string of the molecule is CCN(CC)c1ccc(O)c(/C=N/Nc2cc3c(cc2F)c(=O)c(C(=O)O)cn3CC)c1. The molecule has 0 amide bonds. The molecule has 1 aromatic heterocycles. The van der Waals surface area contributed by atoms with Gasteiger partial charge in [-0.1, -0.05) is 0 Å². The molecule has 0 aliphatic rings. The predicted octanol–water partition coefficient (Wildman–Crippen LogP) is 3.86. The third-order valence-corrected chi connectivity index (χ3v) is 5.27. The number of anilines is 2. The van der Waals surface area contributed by atoms with Crippen molar-refractivity contribution >= 4 is 34.5 Å². The molecule has 32 heavy (non-hydrogen) atoms. The molecule has 0 atom stereocenters. The standard InChI is InChI=1S/C23H25FN4O4/c1-4-27(5-2)15-7-8-21(29)14(9-15)12-25-26-19-11-20-16(10-18(19)24)22(30)17(23(31)32)13-28(20)6-3/h7-13,26,29H,4-6H2,1-3H3,(H,31,32)/b25-12+. The van der Waals surface area contributed by atoms with Crippen molar-refractivity contribution < 1.29 is 19.4 Å². The van der Waals surface area contributed by atoms with E-state index >= 15 is 0 Å². The summed E-state index contributed by atoms with van der Waals surface area (Å²) in [6.07, 6.45) is 2.63. The van der Waals surface area contributed by atoms with Gasteiger partial charge in [0.1, 0.15) is 17.1 Å². The molecule has 9 heteroatoms. The number of carboxylic acid groups (broad SMARTS) is 1. The van der Waals surface area contributed by atoms with Gasteiger partial charge in [-0.2, -0.15) is 5.10 Å². The van der Waals surface area contributed by atoms with Crippen LogP contribution in [-0.4, -0.2) is 40.1 Å². The maximum atomic E-state index is 14.6. The lowest BCUT2D eigenvalue weighted by Crippen LogP contribution is -2.21. The Kier molecular flexibility index (Phi) is 6.77. The number of carboxylic acids is 1. The Bertz CT molecular complexity index is 1250. The number of halogens is 1. The van der Waals surface area contributed by atoms with Crippen molar-refractivity contribution in [2.45, 2.75) is 27.3 Å². The maximum Gasteiger partial charge on any atom is 0.341 e. The summed E-state index contributed by atoms with van der Waals surface area (Å²) in [7, 11) is 0. The van der Waals surface area contributed by atoms with E-state index in [2.05, 4.69) is 15.4 Å². The van der Waals surface area contributed by atoms with Gasteiger partial charge < -0.3 is 19.7 Å². The molecule has 0 radical (unpaired) electrons. The fourth-order valence-electron chi connectivity index (χ4n) is 3.51. The molecule has 2 aromatic carbocycles. The monoisotopic (exact) mass is 440 g/mol. The molecule has 0 unspecified atom stereocenters. The highest BCUT2D eigenvalue weighted by molar-refractivity contribution is 5.93. The van der Waals surface area contributed by atoms with Gasteiger partial charge in [0.05, 0.1) is 17.4 Å². The Morgan fingerprint density at radius 2 is 1.94 bits per heavy atom. The van der Waals surface area contributed by atoms with Crippen molar-refractivity contribution in [2.75, 3.05) is 23.4 Å². The van der Waals surface area contributed by atoms with Gasteiger partial charge in [0.2, 0.25) is 5.43 Å². The smallest absolute Gasteiger partial charge is 0.341 e. The quantitative estimate of drug-likeness (QED) is 0.363. The van der Waals surface area contributed by atoms with E-state index in [1.54, 1.807) is 23.6 Å². The normalized spacial score (nSPS) is 11.2. The van der Waals surface area contributed by atoms with E-state index < -0.39 is 22.8 Å². The van der Waals surface area contributed by atoms with E-state index in [1.807, 2.05) is 19.9 Å². The number of hydrogen-bond donors (Lipinski definition) is 3. The molecule has 3 rings (SSSR count). The molecule has 0 fully saturated rings. The first-order valence-corrected chi connectivity index (χ1v) is 10.3. The molecule has 3 aromatic rings. The number of aromatic hydroxyl groups is 1. The minimum absolute atomic E-state index is 0.0119. The lowest BCUT2D eigenvalue weighted by atomic mass is 10.1. The average molecular weight is 440 g/mol. The van der Waals surface area contributed by atoms with Crippen molar-refractivity contribution in [1.29, 1.82) is 0 Å². The van der Waals surface area contributed by atoms with Crippen LogP contribution in [0, 0.1) is 5.82 Å². The van der Waals surface area contributed by atoms with E-state index in [0.717, 1.165) is 24.8 Å². The van der Waals surface area contributed by atoms with Gasteiger partial charge in [-0.05, 0) is 51.1 Å². The number of fused-ring (bicyclic) bond motifs is 1. The Hall–Kier alpha value is -3.88. The average Bonchev–Trinajstić information content (AvgIpc) is 2.77. The maximum absolute atomic E-state index is 14.6. The molecule has 8 nitrogen and oxygen atoms in total. The number of rotatable bonds is 8. The topological polar surface area (TPSA) is 107 Å². The molecule has 168 valence electrons. The molecule has 3 N–H and O–H groups in total. The summed E-state index contributed by atoms with van der Waals surface area (Å²) in [4.78, 5) is 25.9. The third kappa shape index (κ3) is 4.41. The lowest BCUT2D eigenvalue weighted by molar-refractivity contribution is 0.0695. The van der Waals surface area contributed by atoms with Gasteiger partial charge >= 0.3 is 5.97 Å². The summed E-state index contributed by atoms with van der Waals surface area (Å²) in [6, 6.07) is 7.58. The van der Waals surface area contributed by atoms with Gasteiger partial charge in [-0.25, -0.2) is 9.18 Å². The number of hydrazone groups is 1. The highest BCUT2D eigenvalue weighted by Gasteiger charge is 2.16. The number of nitrogens with one attached hydrogen (secondary N) is 1. The van der Waals surface area contributed by atoms with Gasteiger partial charge in [0, 0.05) is 42.5 Å². The fourth-order valence-corrected chi connectivity index (χ4v) is 3.51. The van der Waals surface area contributed by atoms with Crippen LogP contribution in [0.25, 0.3) is 10.9 Å². The fraction of sp³-hybridized carbons (Fsp3) is 0.261. The second-order valence-corrected chi connectivity index (χ2v) is 7.10. The van der Waals surface area contributed by atoms with Gasteiger partial charge in [-0.3, -0.25) is 10.2 Å². The van der Waals surface area contributed by atoms with Crippen LogP contribution in [0.1, 0.15) is 36.7 Å². The van der Waals surface area contributed by atoms with Crippen LogP contribution in [0.3, 0.4) is 0 Å². The Morgan fingerprint density at radius 1 is 1.22 bits per heavy atom. The summed E-state index contributed by atoms with van der Waals surface area (Å²) in [5.41, 5.74) is 3.22. The zero-order valence-corrected chi connectivity index (χ0v) is 18.1. The zero-order chi connectivity index (χ0) is 23.4. The molecule has 0 aliphatic carbocycles. The molecule has 0 spiro atoms. The number of aromatic nitrogens is 1. The van der Waals surface area contributed by atoms with Crippen LogP contribution in [0.2, 0.25) is 0 Å². The predicted molar refractivity (Wildman–Crippen MR) is 124 cm³/mol. The van der Waals surface area contributed by atoms with Gasteiger partial charge in [0.25, 0.3) is 0 Å². The van der Waals surface area contributed by atoms with Gasteiger partial charge in [-0.15, -0.1) is 0 Å². The number of benzene rings is 2. The number of hydrogen-bond acceptors (Lipinski definition) is 6. The number of aromatic carboxylic acids is 1. The molecule has 0 bridgehead atoms. The van der Waals surface area contributed by atoms with E-state index in [4.69, 9.17) is 0 Å². The molecule has 0 saturated heterocycles. The zero-order valence-electron chi connectivity index (χ0n) is 18.1. The summed E-state index contributed by atoms with van der Waals surface area (Å²) >= 11 is 0. The first-order valence-electron chi connectivity index (χ1n) is 10.3. The second kappa shape index (κ2) is 9.51. The summed E-state index contributed by atoms with van der Waals surface area (Å²) in [5.74, 6) is -2.08. The van der Waals surface area contributed by atoms with Crippen LogP contribution in [0.5, 0.6) is 5.75 Å². The minimum Gasteiger partial charge on any atom is -0.507 e. The van der Waals surface area contributed by atoms with E-state index in [9.17, 15) is 24.2 Å². The van der Waals surface area contributed by atoms with Crippen molar-refractivity contribution in [3.63, 3.8) is 0 Å². The number of carbonyl (C=O) groups is 1.